The van der Waals surface area contributed by atoms with E-state index >= 15 is 0 Å². The lowest BCUT2D eigenvalue weighted by molar-refractivity contribution is -0.217. The van der Waals surface area contributed by atoms with Crippen molar-refractivity contribution >= 4 is 5.78 Å². The van der Waals surface area contributed by atoms with E-state index in [1.165, 1.54) is 0 Å². The SMILES string of the molecule is [2H]C1([2H])C[C@]2(C)[C@H]3CC[C@]4(C)[C@@H](C5(C)OCCO5)CC[C@H]4[C@@H]3CC[C@H]2C([2H])([2H])C1=O. The second-order valence-corrected chi connectivity index (χ2v) is 10.2. The number of Topliss-reactive ketones (excluding diaryl/α,β-unsaturated/α-hetero) is 1. The molecule has 0 radical (unpaired) electrons. The second kappa shape index (κ2) is 5.80. The summed E-state index contributed by atoms with van der Waals surface area (Å²) in [6, 6.07) is 0. The number of rotatable bonds is 1. The number of carbonyl (C=O) groups is 1. The summed E-state index contributed by atoms with van der Waals surface area (Å²) in [6.07, 6.45) is 1.94. The van der Waals surface area contributed by atoms with Crippen molar-refractivity contribution < 1.29 is 19.8 Å². The third-order valence-corrected chi connectivity index (χ3v) is 9.30. The molecule has 4 saturated carbocycles. The predicted molar refractivity (Wildman–Crippen MR) is 101 cm³/mol. The Hall–Kier alpha value is -0.410. The zero-order valence-electron chi connectivity index (χ0n) is 20.5. The molecule has 0 spiro atoms. The highest BCUT2D eigenvalue weighted by Gasteiger charge is 2.63. The first kappa shape index (κ1) is 13.7. The normalized spacial score (nSPS) is 59.2. The van der Waals surface area contributed by atoms with E-state index in [4.69, 9.17) is 15.0 Å². The van der Waals surface area contributed by atoms with Crippen molar-refractivity contribution in [2.75, 3.05) is 13.2 Å². The van der Waals surface area contributed by atoms with E-state index in [1.807, 2.05) is 0 Å². The summed E-state index contributed by atoms with van der Waals surface area (Å²) in [5.41, 5.74) is -0.320. The van der Waals surface area contributed by atoms with Crippen molar-refractivity contribution in [3.05, 3.63) is 0 Å². The highest BCUT2D eigenvalue weighted by atomic mass is 16.7. The number of ether oxygens (including phenoxy) is 2. The fraction of sp³-hybridized carbons (Fsp3) is 0.957. The first-order valence-corrected chi connectivity index (χ1v) is 10.7. The monoisotopic (exact) mass is 364 g/mol. The molecule has 5 aliphatic rings. The van der Waals surface area contributed by atoms with Crippen molar-refractivity contribution in [2.45, 2.75) is 84.2 Å². The molecule has 146 valence electrons. The van der Waals surface area contributed by atoms with Gasteiger partial charge in [-0.25, -0.2) is 0 Å². The third-order valence-electron chi connectivity index (χ3n) is 9.30. The minimum atomic E-state index is -2.07. The Morgan fingerprint density at radius 2 is 1.65 bits per heavy atom. The summed E-state index contributed by atoms with van der Waals surface area (Å²) >= 11 is 0. The summed E-state index contributed by atoms with van der Waals surface area (Å²) in [5.74, 6) is -0.0368. The molecule has 0 unspecified atom stereocenters. The maximum Gasteiger partial charge on any atom is 0.169 e. The van der Waals surface area contributed by atoms with E-state index in [-0.39, 0.29) is 23.7 Å². The number of carbonyl (C=O) groups excluding carboxylic acids is 1. The van der Waals surface area contributed by atoms with E-state index in [9.17, 15) is 4.79 Å². The van der Waals surface area contributed by atoms with E-state index in [0.29, 0.717) is 37.4 Å². The van der Waals surface area contributed by atoms with Crippen LogP contribution in [0.5, 0.6) is 0 Å². The molecule has 5 rings (SSSR count). The Bertz CT molecular complexity index is 749. The highest BCUT2D eigenvalue weighted by molar-refractivity contribution is 5.79. The molecule has 3 heteroatoms. The number of hydrogen-bond donors (Lipinski definition) is 0. The predicted octanol–water partition coefficient (Wildman–Crippen LogP) is 4.98. The maximum atomic E-state index is 12.6. The molecule has 1 saturated heterocycles. The lowest BCUT2D eigenvalue weighted by Crippen LogP contribution is -2.55. The molecular weight excluding hydrogens is 324 g/mol. The number of ketones is 1. The quantitative estimate of drug-likeness (QED) is 0.658. The zero-order valence-corrected chi connectivity index (χ0v) is 16.5. The van der Waals surface area contributed by atoms with Crippen LogP contribution in [0.15, 0.2) is 0 Å². The van der Waals surface area contributed by atoms with E-state index < -0.39 is 29.7 Å². The van der Waals surface area contributed by atoms with Gasteiger partial charge in [0.2, 0.25) is 0 Å². The summed E-state index contributed by atoms with van der Waals surface area (Å²) in [4.78, 5) is 12.6. The van der Waals surface area contributed by atoms with E-state index in [0.717, 1.165) is 32.1 Å². The lowest BCUT2D eigenvalue weighted by atomic mass is 9.44. The van der Waals surface area contributed by atoms with Crippen LogP contribution in [0, 0.1) is 40.4 Å². The number of fused-ring (bicyclic) bond motifs is 5. The Labute approximate surface area is 164 Å². The number of hydrogen-bond acceptors (Lipinski definition) is 3. The molecule has 0 bridgehead atoms. The molecule has 1 heterocycles. The fourth-order valence-electron chi connectivity index (χ4n) is 8.02. The van der Waals surface area contributed by atoms with Gasteiger partial charge < -0.3 is 9.47 Å². The Kier molecular flexibility index (Phi) is 3.06. The van der Waals surface area contributed by atoms with Crippen LogP contribution in [0.2, 0.25) is 0 Å². The van der Waals surface area contributed by atoms with Crippen LogP contribution in [0.3, 0.4) is 0 Å². The Balaban J connectivity index is 1.47. The van der Waals surface area contributed by atoms with Crippen molar-refractivity contribution in [2.24, 2.45) is 40.4 Å². The van der Waals surface area contributed by atoms with Crippen molar-refractivity contribution in [1.82, 2.24) is 0 Å². The molecule has 1 aliphatic heterocycles. The van der Waals surface area contributed by atoms with Crippen LogP contribution in [0.1, 0.15) is 83.9 Å². The Morgan fingerprint density at radius 3 is 2.42 bits per heavy atom. The van der Waals surface area contributed by atoms with Crippen LogP contribution in [-0.2, 0) is 14.3 Å². The van der Waals surface area contributed by atoms with Crippen molar-refractivity contribution in [3.63, 3.8) is 0 Å². The van der Waals surface area contributed by atoms with Gasteiger partial charge in [0.25, 0.3) is 0 Å². The van der Waals surface area contributed by atoms with Crippen LogP contribution in [-0.4, -0.2) is 24.8 Å². The summed E-state index contributed by atoms with van der Waals surface area (Å²) in [5, 5.41) is 0. The highest BCUT2D eigenvalue weighted by Crippen LogP contribution is 2.68. The average Bonchev–Trinajstić information content (AvgIpc) is 3.23. The molecule has 0 amide bonds. The molecule has 5 fully saturated rings. The summed E-state index contributed by atoms with van der Waals surface area (Å²) < 4.78 is 45.9. The van der Waals surface area contributed by atoms with Crippen LogP contribution >= 0.6 is 0 Å². The van der Waals surface area contributed by atoms with Gasteiger partial charge in [-0.15, -0.1) is 0 Å². The zero-order chi connectivity index (χ0) is 21.7. The Morgan fingerprint density at radius 1 is 0.923 bits per heavy atom. The average molecular weight is 365 g/mol. The van der Waals surface area contributed by atoms with Gasteiger partial charge in [-0.1, -0.05) is 13.8 Å². The first-order valence-electron chi connectivity index (χ1n) is 12.7. The summed E-state index contributed by atoms with van der Waals surface area (Å²) in [6.45, 7) is 7.95. The van der Waals surface area contributed by atoms with Gasteiger partial charge in [-0.3, -0.25) is 4.79 Å². The molecule has 0 aromatic carbocycles. The van der Waals surface area contributed by atoms with Gasteiger partial charge in [0.15, 0.2) is 5.79 Å². The van der Waals surface area contributed by atoms with Gasteiger partial charge in [-0.2, -0.15) is 0 Å². The largest absolute Gasteiger partial charge is 0.348 e. The standard InChI is InChI=1S/C23H36O3/c1-21-10-8-16(24)14-15(21)4-5-17-18-6-7-20(23(3)25-12-13-26-23)22(18,2)11-9-19(17)21/h15,17-20H,4-14H2,1-3H3/t15-,17-,18-,19-,20-,21-,22-/m0/s1/i8D2,14D2. The topological polar surface area (TPSA) is 35.5 Å². The molecular formula is C23H36O3. The molecule has 0 N–H and O–H groups in total. The first-order chi connectivity index (χ1) is 13.9. The molecule has 26 heavy (non-hydrogen) atoms. The smallest absolute Gasteiger partial charge is 0.169 e. The van der Waals surface area contributed by atoms with Gasteiger partial charge in [-0.05, 0) is 86.4 Å². The second-order valence-electron chi connectivity index (χ2n) is 10.2. The van der Waals surface area contributed by atoms with Gasteiger partial charge >= 0.3 is 0 Å². The third kappa shape index (κ3) is 2.28. The molecule has 7 atom stereocenters. The molecule has 3 nitrogen and oxygen atoms in total. The fourth-order valence-corrected chi connectivity index (χ4v) is 8.02. The minimum Gasteiger partial charge on any atom is -0.348 e. The minimum absolute atomic E-state index is 0.145. The summed E-state index contributed by atoms with van der Waals surface area (Å²) in [7, 11) is 0. The lowest BCUT2D eigenvalue weighted by Gasteiger charge is -2.60. The van der Waals surface area contributed by atoms with Crippen molar-refractivity contribution in [1.29, 1.82) is 0 Å². The van der Waals surface area contributed by atoms with E-state index in [2.05, 4.69) is 20.8 Å². The van der Waals surface area contributed by atoms with Gasteiger partial charge in [0.05, 0.1) is 13.2 Å². The van der Waals surface area contributed by atoms with E-state index in [1.54, 1.807) is 0 Å². The van der Waals surface area contributed by atoms with Crippen LogP contribution in [0.25, 0.3) is 0 Å². The van der Waals surface area contributed by atoms with Gasteiger partial charge in [0.1, 0.15) is 5.78 Å². The molecule has 4 aliphatic carbocycles. The maximum absolute atomic E-state index is 12.6. The van der Waals surface area contributed by atoms with Crippen LogP contribution < -0.4 is 0 Å². The molecule has 0 aromatic heterocycles. The van der Waals surface area contributed by atoms with Gasteiger partial charge in [0, 0.05) is 24.1 Å². The van der Waals surface area contributed by atoms with Crippen molar-refractivity contribution in [3.8, 4) is 0 Å². The molecule has 0 aromatic rings. The van der Waals surface area contributed by atoms with Crippen LogP contribution in [0.4, 0.5) is 0 Å².